The van der Waals surface area contributed by atoms with Gasteiger partial charge in [0.25, 0.3) is 0 Å². The summed E-state index contributed by atoms with van der Waals surface area (Å²) >= 11 is 0. The highest BCUT2D eigenvalue weighted by Crippen LogP contribution is 2.20. The summed E-state index contributed by atoms with van der Waals surface area (Å²) in [6, 6.07) is 7.04. The Morgan fingerprint density at radius 1 is 1.50 bits per heavy atom. The van der Waals surface area contributed by atoms with Crippen LogP contribution in [0.1, 0.15) is 12.5 Å². The number of benzene rings is 1. The molecule has 0 aliphatic carbocycles. The van der Waals surface area contributed by atoms with E-state index in [0.717, 1.165) is 0 Å². The highest BCUT2D eigenvalue weighted by Gasteiger charge is 2.07. The normalized spacial score (nSPS) is 11.2. The van der Waals surface area contributed by atoms with E-state index in [4.69, 9.17) is 10.5 Å². The lowest BCUT2D eigenvalue weighted by Gasteiger charge is -2.07. The molecule has 0 aliphatic rings. The summed E-state index contributed by atoms with van der Waals surface area (Å²) < 4.78 is 4.77. The van der Waals surface area contributed by atoms with Crippen LogP contribution in [0.5, 0.6) is 0 Å². The number of nitrogens with two attached hydrogens (primary N) is 1. The molecule has 0 saturated carbocycles. The van der Waals surface area contributed by atoms with E-state index in [1.807, 2.05) is 0 Å². The zero-order valence-electron chi connectivity index (χ0n) is 9.14. The second-order valence-electron chi connectivity index (χ2n) is 3.17. The average molecular weight is 221 g/mol. The summed E-state index contributed by atoms with van der Waals surface area (Å²) in [5.41, 5.74) is 7.37. The number of ether oxygens (including phenoxy) is 1. The van der Waals surface area contributed by atoms with Crippen LogP contribution in [-0.4, -0.2) is 24.3 Å². The van der Waals surface area contributed by atoms with Gasteiger partial charge in [0, 0.05) is 17.3 Å². The molecule has 16 heavy (non-hydrogen) atoms. The molecule has 0 amide bonds. The number of hydrogen-bond acceptors (Lipinski definition) is 4. The van der Waals surface area contributed by atoms with E-state index in [2.05, 4.69) is 0 Å². The maximum atomic E-state index is 11.2. The third kappa shape index (κ3) is 3.10. The van der Waals surface area contributed by atoms with Gasteiger partial charge < -0.3 is 15.6 Å². The van der Waals surface area contributed by atoms with Gasteiger partial charge in [-0.05, 0) is 18.6 Å². The Morgan fingerprint density at radius 3 is 2.75 bits per heavy atom. The molecule has 0 heterocycles. The molecule has 0 spiro atoms. The van der Waals surface area contributed by atoms with Crippen molar-refractivity contribution >= 4 is 17.2 Å². The first-order valence-corrected chi connectivity index (χ1v) is 5.02. The highest BCUT2D eigenvalue weighted by molar-refractivity contribution is 5.93. The maximum absolute atomic E-state index is 11.2. The van der Waals surface area contributed by atoms with Crippen LogP contribution in [-0.2, 0) is 9.53 Å². The van der Waals surface area contributed by atoms with Crippen molar-refractivity contribution in [2.45, 2.75) is 6.92 Å². The summed E-state index contributed by atoms with van der Waals surface area (Å²) in [5, 5.41) is 9.19. The number of para-hydroxylation sites is 1. The Morgan fingerprint density at radius 2 is 2.19 bits per heavy atom. The van der Waals surface area contributed by atoms with Crippen molar-refractivity contribution in [3.63, 3.8) is 0 Å². The van der Waals surface area contributed by atoms with Crippen LogP contribution in [0.25, 0.3) is 5.57 Å². The topological polar surface area (TPSA) is 72.5 Å². The second-order valence-corrected chi connectivity index (χ2v) is 3.17. The minimum absolute atomic E-state index is 0.257. The quantitative estimate of drug-likeness (QED) is 0.455. The fourth-order valence-corrected chi connectivity index (χ4v) is 1.32. The lowest BCUT2D eigenvalue weighted by molar-refractivity contribution is -0.137. The molecule has 1 aromatic rings. The third-order valence-electron chi connectivity index (χ3n) is 2.06. The van der Waals surface area contributed by atoms with Gasteiger partial charge in [0.05, 0.1) is 13.2 Å². The zero-order chi connectivity index (χ0) is 12.0. The standard InChI is InChI=1S/C12H15NO3/c1-2-16-12(15)7-9(8-14)10-5-3-4-6-11(10)13/h3-7,14H,2,8,13H2,1H3/b9-7+. The lowest BCUT2D eigenvalue weighted by atomic mass is 10.0. The van der Waals surface area contributed by atoms with Crippen LogP contribution >= 0.6 is 0 Å². The molecule has 3 N–H and O–H groups in total. The van der Waals surface area contributed by atoms with Crippen LogP contribution in [0, 0.1) is 0 Å². The fraction of sp³-hybridized carbons (Fsp3) is 0.250. The number of esters is 1. The molecule has 0 radical (unpaired) electrons. The van der Waals surface area contributed by atoms with Crippen LogP contribution in [0.2, 0.25) is 0 Å². The number of carbonyl (C=O) groups is 1. The Labute approximate surface area is 94.3 Å². The van der Waals surface area contributed by atoms with E-state index in [0.29, 0.717) is 23.4 Å². The van der Waals surface area contributed by atoms with Gasteiger partial charge >= 0.3 is 5.97 Å². The van der Waals surface area contributed by atoms with Gasteiger partial charge in [-0.2, -0.15) is 0 Å². The minimum Gasteiger partial charge on any atom is -0.463 e. The molecule has 0 fully saturated rings. The number of rotatable bonds is 4. The number of aliphatic hydroxyl groups is 1. The first-order valence-electron chi connectivity index (χ1n) is 5.02. The lowest BCUT2D eigenvalue weighted by Crippen LogP contribution is -2.04. The molecular weight excluding hydrogens is 206 g/mol. The first kappa shape index (κ1) is 12.3. The fourth-order valence-electron chi connectivity index (χ4n) is 1.32. The van der Waals surface area contributed by atoms with E-state index in [-0.39, 0.29) is 6.61 Å². The second kappa shape index (κ2) is 5.92. The number of nitrogen functional groups attached to an aromatic ring is 1. The van der Waals surface area contributed by atoms with Crippen molar-refractivity contribution in [2.24, 2.45) is 0 Å². The van der Waals surface area contributed by atoms with E-state index >= 15 is 0 Å². The van der Waals surface area contributed by atoms with Gasteiger partial charge in [-0.1, -0.05) is 18.2 Å². The molecule has 86 valence electrons. The SMILES string of the molecule is CCOC(=O)/C=C(\CO)c1ccccc1N. The summed E-state index contributed by atoms with van der Waals surface area (Å²) in [6.45, 7) is 1.77. The van der Waals surface area contributed by atoms with Gasteiger partial charge in [-0.15, -0.1) is 0 Å². The number of aliphatic hydroxyl groups excluding tert-OH is 1. The zero-order valence-corrected chi connectivity index (χ0v) is 9.14. The van der Waals surface area contributed by atoms with Crippen LogP contribution in [0.3, 0.4) is 0 Å². The number of hydrogen-bond donors (Lipinski definition) is 2. The molecule has 1 rings (SSSR count). The summed E-state index contributed by atoms with van der Waals surface area (Å²) in [6.07, 6.45) is 1.26. The molecule has 4 nitrogen and oxygen atoms in total. The van der Waals surface area contributed by atoms with Gasteiger partial charge in [-0.3, -0.25) is 0 Å². The Bertz CT molecular complexity index is 399. The van der Waals surface area contributed by atoms with E-state index in [1.165, 1.54) is 6.08 Å². The van der Waals surface area contributed by atoms with Gasteiger partial charge in [0.2, 0.25) is 0 Å². The summed E-state index contributed by atoms with van der Waals surface area (Å²) in [5.74, 6) is -0.477. The molecule has 0 aliphatic heterocycles. The largest absolute Gasteiger partial charge is 0.463 e. The smallest absolute Gasteiger partial charge is 0.331 e. The Kier molecular flexibility index (Phi) is 4.54. The number of carbonyl (C=O) groups excluding carboxylic acids is 1. The third-order valence-corrected chi connectivity index (χ3v) is 2.06. The van der Waals surface area contributed by atoms with E-state index in [1.54, 1.807) is 31.2 Å². The average Bonchev–Trinajstić information content (AvgIpc) is 2.27. The molecule has 0 atom stereocenters. The van der Waals surface area contributed by atoms with E-state index in [9.17, 15) is 9.90 Å². The van der Waals surface area contributed by atoms with Crippen molar-refractivity contribution < 1.29 is 14.6 Å². The predicted molar refractivity (Wildman–Crippen MR) is 62.6 cm³/mol. The molecular formula is C12H15NO3. The van der Waals surface area contributed by atoms with Gasteiger partial charge in [0.1, 0.15) is 0 Å². The Hall–Kier alpha value is -1.81. The molecule has 0 saturated heterocycles. The Balaban J connectivity index is 2.99. The maximum Gasteiger partial charge on any atom is 0.331 e. The molecule has 0 unspecified atom stereocenters. The van der Waals surface area contributed by atoms with Gasteiger partial charge in [-0.25, -0.2) is 4.79 Å². The van der Waals surface area contributed by atoms with E-state index < -0.39 is 5.97 Å². The minimum atomic E-state index is -0.477. The summed E-state index contributed by atoms with van der Waals surface area (Å²) in [4.78, 5) is 11.2. The monoisotopic (exact) mass is 221 g/mol. The van der Waals surface area contributed by atoms with Crippen molar-refractivity contribution in [2.75, 3.05) is 18.9 Å². The van der Waals surface area contributed by atoms with Crippen LogP contribution in [0.15, 0.2) is 30.3 Å². The van der Waals surface area contributed by atoms with Crippen molar-refractivity contribution in [3.8, 4) is 0 Å². The van der Waals surface area contributed by atoms with Crippen LogP contribution in [0.4, 0.5) is 5.69 Å². The molecule has 4 heteroatoms. The first-order chi connectivity index (χ1) is 7.69. The van der Waals surface area contributed by atoms with Crippen LogP contribution < -0.4 is 5.73 Å². The summed E-state index contributed by atoms with van der Waals surface area (Å²) in [7, 11) is 0. The molecule has 0 bridgehead atoms. The van der Waals surface area contributed by atoms with Crippen molar-refractivity contribution in [3.05, 3.63) is 35.9 Å². The van der Waals surface area contributed by atoms with Gasteiger partial charge in [0.15, 0.2) is 0 Å². The van der Waals surface area contributed by atoms with Crippen molar-refractivity contribution in [1.82, 2.24) is 0 Å². The number of anilines is 1. The molecule has 0 aromatic heterocycles. The molecule has 1 aromatic carbocycles. The highest BCUT2D eigenvalue weighted by atomic mass is 16.5. The predicted octanol–water partition coefficient (Wildman–Crippen LogP) is 1.21. The van der Waals surface area contributed by atoms with Crippen molar-refractivity contribution in [1.29, 1.82) is 0 Å².